The molecule has 2 aliphatic carbocycles. The van der Waals surface area contributed by atoms with E-state index in [0.717, 1.165) is 19.0 Å². The van der Waals surface area contributed by atoms with Crippen LogP contribution in [0.25, 0.3) is 0 Å². The molecule has 2 saturated carbocycles. The van der Waals surface area contributed by atoms with E-state index >= 15 is 0 Å². The van der Waals surface area contributed by atoms with Crippen LogP contribution in [0.2, 0.25) is 0 Å². The van der Waals surface area contributed by atoms with Crippen molar-refractivity contribution in [2.45, 2.75) is 89.1 Å². The predicted octanol–water partition coefficient (Wildman–Crippen LogP) is 3.27. The summed E-state index contributed by atoms with van der Waals surface area (Å²) in [7, 11) is 1.82. The molecule has 0 aromatic heterocycles. The fourth-order valence-corrected chi connectivity index (χ4v) is 3.46. The molecule has 19 heavy (non-hydrogen) atoms. The SMILES string of the molecule is COC1CCCC(OC(C)CNC2CCCCC2)C1. The van der Waals surface area contributed by atoms with Gasteiger partial charge in [-0.3, -0.25) is 0 Å². The van der Waals surface area contributed by atoms with Crippen LogP contribution < -0.4 is 5.32 Å². The van der Waals surface area contributed by atoms with E-state index in [1.807, 2.05) is 7.11 Å². The second-order valence-electron chi connectivity index (χ2n) is 6.34. The maximum Gasteiger partial charge on any atom is 0.0675 e. The van der Waals surface area contributed by atoms with E-state index in [2.05, 4.69) is 12.2 Å². The number of nitrogens with one attached hydrogen (secondary N) is 1. The molecular weight excluding hydrogens is 238 g/mol. The quantitative estimate of drug-likeness (QED) is 0.803. The Hall–Kier alpha value is -0.120. The summed E-state index contributed by atoms with van der Waals surface area (Å²) in [6.07, 6.45) is 12.8. The van der Waals surface area contributed by atoms with E-state index in [0.29, 0.717) is 18.3 Å². The van der Waals surface area contributed by atoms with Gasteiger partial charge in [0, 0.05) is 19.7 Å². The first kappa shape index (κ1) is 15.3. The Balaban J connectivity index is 1.61. The van der Waals surface area contributed by atoms with Crippen LogP contribution in [-0.2, 0) is 9.47 Å². The van der Waals surface area contributed by atoms with Gasteiger partial charge in [0.05, 0.1) is 18.3 Å². The molecule has 1 N–H and O–H groups in total. The third-order valence-corrected chi connectivity index (χ3v) is 4.64. The van der Waals surface area contributed by atoms with Crippen LogP contribution in [0.3, 0.4) is 0 Å². The van der Waals surface area contributed by atoms with Crippen LogP contribution >= 0.6 is 0 Å². The molecule has 0 spiro atoms. The second-order valence-corrected chi connectivity index (χ2v) is 6.34. The minimum absolute atomic E-state index is 0.322. The van der Waals surface area contributed by atoms with Crippen molar-refractivity contribution in [1.29, 1.82) is 0 Å². The summed E-state index contributed by atoms with van der Waals surface area (Å²) in [4.78, 5) is 0. The molecule has 3 nitrogen and oxygen atoms in total. The van der Waals surface area contributed by atoms with Gasteiger partial charge in [0.2, 0.25) is 0 Å². The topological polar surface area (TPSA) is 30.5 Å². The van der Waals surface area contributed by atoms with Gasteiger partial charge in [-0.15, -0.1) is 0 Å². The van der Waals surface area contributed by atoms with E-state index in [9.17, 15) is 0 Å². The zero-order valence-electron chi connectivity index (χ0n) is 12.7. The number of hydrogen-bond acceptors (Lipinski definition) is 3. The summed E-state index contributed by atoms with van der Waals surface area (Å²) < 4.78 is 11.6. The van der Waals surface area contributed by atoms with Crippen LogP contribution in [-0.4, -0.2) is 38.0 Å². The van der Waals surface area contributed by atoms with Gasteiger partial charge in [-0.1, -0.05) is 19.3 Å². The van der Waals surface area contributed by atoms with Crippen molar-refractivity contribution in [3.63, 3.8) is 0 Å². The van der Waals surface area contributed by atoms with Crippen LogP contribution in [0.4, 0.5) is 0 Å². The standard InChI is InChI=1S/C16H31NO2/c1-13(12-17-14-7-4-3-5-8-14)19-16-10-6-9-15(11-16)18-2/h13-17H,3-12H2,1-2H3. The number of hydrogen-bond donors (Lipinski definition) is 1. The minimum atomic E-state index is 0.322. The van der Waals surface area contributed by atoms with Crippen molar-refractivity contribution < 1.29 is 9.47 Å². The van der Waals surface area contributed by atoms with Crippen molar-refractivity contribution in [1.82, 2.24) is 5.32 Å². The fourth-order valence-electron chi connectivity index (χ4n) is 3.46. The lowest BCUT2D eigenvalue weighted by atomic mass is 9.94. The lowest BCUT2D eigenvalue weighted by Crippen LogP contribution is -2.39. The monoisotopic (exact) mass is 269 g/mol. The summed E-state index contributed by atoms with van der Waals surface area (Å²) in [5, 5.41) is 3.68. The molecule has 0 aromatic carbocycles. The van der Waals surface area contributed by atoms with Gasteiger partial charge in [-0.05, 0) is 45.4 Å². The van der Waals surface area contributed by atoms with Gasteiger partial charge in [-0.2, -0.15) is 0 Å². The van der Waals surface area contributed by atoms with Crippen molar-refractivity contribution in [2.75, 3.05) is 13.7 Å². The molecule has 0 aromatic rings. The molecule has 0 heterocycles. The molecular formula is C16H31NO2. The normalized spacial score (nSPS) is 31.3. The van der Waals surface area contributed by atoms with Gasteiger partial charge in [0.15, 0.2) is 0 Å². The molecule has 2 rings (SSSR count). The third kappa shape index (κ3) is 5.41. The van der Waals surface area contributed by atoms with Crippen LogP contribution in [0.15, 0.2) is 0 Å². The summed E-state index contributed by atoms with van der Waals surface area (Å²) in [6.45, 7) is 3.20. The van der Waals surface area contributed by atoms with Crippen LogP contribution in [0.5, 0.6) is 0 Å². The Kier molecular flexibility index (Phi) is 6.62. The predicted molar refractivity (Wildman–Crippen MR) is 78.5 cm³/mol. The lowest BCUT2D eigenvalue weighted by molar-refractivity contribution is -0.0588. The van der Waals surface area contributed by atoms with Gasteiger partial charge in [0.25, 0.3) is 0 Å². The lowest BCUT2D eigenvalue weighted by Gasteiger charge is -2.31. The summed E-state index contributed by atoms with van der Waals surface area (Å²) >= 11 is 0. The van der Waals surface area contributed by atoms with E-state index in [4.69, 9.17) is 9.47 Å². The van der Waals surface area contributed by atoms with E-state index < -0.39 is 0 Å². The Labute approximate surface area is 118 Å². The highest BCUT2D eigenvalue weighted by Gasteiger charge is 2.24. The molecule has 0 amide bonds. The molecule has 0 saturated heterocycles. The first-order valence-corrected chi connectivity index (χ1v) is 8.19. The highest BCUT2D eigenvalue weighted by molar-refractivity contribution is 4.76. The van der Waals surface area contributed by atoms with E-state index in [1.165, 1.54) is 51.4 Å². The molecule has 3 heteroatoms. The van der Waals surface area contributed by atoms with E-state index in [-0.39, 0.29) is 0 Å². The Bertz CT molecular complexity index is 241. The zero-order valence-corrected chi connectivity index (χ0v) is 12.7. The average Bonchev–Trinajstić information content (AvgIpc) is 2.46. The molecule has 3 unspecified atom stereocenters. The van der Waals surface area contributed by atoms with Crippen LogP contribution in [0, 0.1) is 0 Å². The van der Waals surface area contributed by atoms with Gasteiger partial charge in [-0.25, -0.2) is 0 Å². The minimum Gasteiger partial charge on any atom is -0.381 e. The summed E-state index contributed by atoms with van der Waals surface area (Å²) in [6, 6.07) is 0.734. The maximum absolute atomic E-state index is 6.17. The number of rotatable bonds is 6. The van der Waals surface area contributed by atoms with Crippen molar-refractivity contribution in [3.8, 4) is 0 Å². The molecule has 2 fully saturated rings. The third-order valence-electron chi connectivity index (χ3n) is 4.64. The average molecular weight is 269 g/mol. The van der Waals surface area contributed by atoms with Crippen molar-refractivity contribution in [3.05, 3.63) is 0 Å². The van der Waals surface area contributed by atoms with Gasteiger partial charge >= 0.3 is 0 Å². The highest BCUT2D eigenvalue weighted by Crippen LogP contribution is 2.24. The molecule has 0 aliphatic heterocycles. The summed E-state index contributed by atoms with van der Waals surface area (Å²) in [5.74, 6) is 0. The first-order chi connectivity index (χ1) is 9.28. The Morgan fingerprint density at radius 2 is 1.74 bits per heavy atom. The number of ether oxygens (including phenoxy) is 2. The van der Waals surface area contributed by atoms with Crippen molar-refractivity contribution >= 4 is 0 Å². The number of methoxy groups -OCH3 is 1. The van der Waals surface area contributed by atoms with Gasteiger partial charge < -0.3 is 14.8 Å². The summed E-state index contributed by atoms with van der Waals surface area (Å²) in [5.41, 5.74) is 0. The smallest absolute Gasteiger partial charge is 0.0675 e. The molecule has 2 aliphatic rings. The van der Waals surface area contributed by atoms with E-state index in [1.54, 1.807) is 0 Å². The molecule has 0 radical (unpaired) electrons. The zero-order chi connectivity index (χ0) is 13.5. The largest absolute Gasteiger partial charge is 0.381 e. The van der Waals surface area contributed by atoms with Crippen molar-refractivity contribution in [2.24, 2.45) is 0 Å². The fraction of sp³-hybridized carbons (Fsp3) is 1.00. The maximum atomic E-state index is 6.17. The molecule has 3 atom stereocenters. The van der Waals surface area contributed by atoms with Gasteiger partial charge in [0.1, 0.15) is 0 Å². The molecule has 112 valence electrons. The Morgan fingerprint density at radius 3 is 2.47 bits per heavy atom. The highest BCUT2D eigenvalue weighted by atomic mass is 16.5. The second kappa shape index (κ2) is 8.23. The van der Waals surface area contributed by atoms with Crippen LogP contribution in [0.1, 0.15) is 64.7 Å². The Morgan fingerprint density at radius 1 is 1.00 bits per heavy atom. The first-order valence-electron chi connectivity index (χ1n) is 8.19. The molecule has 0 bridgehead atoms.